The summed E-state index contributed by atoms with van der Waals surface area (Å²) in [6, 6.07) is 0. The molecule has 0 aliphatic rings. The van der Waals surface area contributed by atoms with Crippen molar-refractivity contribution in [3.8, 4) is 0 Å². The van der Waals surface area contributed by atoms with Gasteiger partial charge >= 0.3 is 11.9 Å². The van der Waals surface area contributed by atoms with E-state index in [0.717, 1.165) is 25.7 Å². The molecular weight excluding hydrogens is 280 g/mol. The molecule has 0 bridgehead atoms. The zero-order valence-electron chi connectivity index (χ0n) is 14.0. The van der Waals surface area contributed by atoms with Gasteiger partial charge in [-0.3, -0.25) is 9.59 Å². The Bertz CT molecular complexity index is 311. The highest BCUT2D eigenvalue weighted by atomic mass is 16.5. The topological polar surface area (TPSA) is 52.6 Å². The summed E-state index contributed by atoms with van der Waals surface area (Å²) in [5.74, 6) is -0.383. The Morgan fingerprint density at radius 1 is 0.727 bits per heavy atom. The van der Waals surface area contributed by atoms with Crippen LogP contribution in [0.4, 0.5) is 0 Å². The van der Waals surface area contributed by atoms with Crippen molar-refractivity contribution in [3.05, 3.63) is 24.3 Å². The van der Waals surface area contributed by atoms with Crippen LogP contribution in [0.25, 0.3) is 0 Å². The standard InChI is InChI=1S/C18H30O4/c1-3-5-7-11-15-21-17(19)13-9-10-14-18(20)22-16-12-8-6-4-2/h5-8H,3-4,9-16H2,1-2H3/b7-5-,8-6-. The molecule has 4 heteroatoms. The lowest BCUT2D eigenvalue weighted by atomic mass is 10.2. The Morgan fingerprint density at radius 3 is 1.50 bits per heavy atom. The number of rotatable bonds is 13. The van der Waals surface area contributed by atoms with Crippen LogP contribution in [-0.2, 0) is 19.1 Å². The van der Waals surface area contributed by atoms with Crippen molar-refractivity contribution in [2.75, 3.05) is 13.2 Å². The lowest BCUT2D eigenvalue weighted by molar-refractivity contribution is -0.145. The van der Waals surface area contributed by atoms with E-state index >= 15 is 0 Å². The van der Waals surface area contributed by atoms with Crippen LogP contribution in [0.2, 0.25) is 0 Å². The zero-order valence-corrected chi connectivity index (χ0v) is 14.0. The van der Waals surface area contributed by atoms with Gasteiger partial charge in [-0.2, -0.15) is 0 Å². The van der Waals surface area contributed by atoms with Crippen molar-refractivity contribution < 1.29 is 19.1 Å². The first-order valence-electron chi connectivity index (χ1n) is 8.31. The van der Waals surface area contributed by atoms with Crippen LogP contribution < -0.4 is 0 Å². The van der Waals surface area contributed by atoms with Crippen LogP contribution in [0.3, 0.4) is 0 Å². The average Bonchev–Trinajstić information content (AvgIpc) is 2.51. The van der Waals surface area contributed by atoms with Crippen molar-refractivity contribution in [3.63, 3.8) is 0 Å². The molecule has 0 spiro atoms. The minimum absolute atomic E-state index is 0.192. The minimum atomic E-state index is -0.192. The van der Waals surface area contributed by atoms with E-state index in [2.05, 4.69) is 26.0 Å². The third kappa shape index (κ3) is 14.8. The predicted octanol–water partition coefficient (Wildman–Crippen LogP) is 4.35. The van der Waals surface area contributed by atoms with Crippen LogP contribution in [-0.4, -0.2) is 25.2 Å². The number of hydrogen-bond acceptors (Lipinski definition) is 4. The summed E-state index contributed by atoms with van der Waals surface area (Å²) in [6.45, 7) is 5.00. The van der Waals surface area contributed by atoms with E-state index in [1.54, 1.807) is 0 Å². The van der Waals surface area contributed by atoms with E-state index in [0.29, 0.717) is 38.9 Å². The minimum Gasteiger partial charge on any atom is -0.465 e. The molecule has 0 aromatic heterocycles. The summed E-state index contributed by atoms with van der Waals surface area (Å²) in [5.41, 5.74) is 0. The Hall–Kier alpha value is -1.58. The third-order valence-electron chi connectivity index (χ3n) is 2.91. The number of allylic oxidation sites excluding steroid dienone is 2. The van der Waals surface area contributed by atoms with Crippen molar-refractivity contribution in [2.24, 2.45) is 0 Å². The number of ether oxygens (including phenoxy) is 2. The van der Waals surface area contributed by atoms with Crippen LogP contribution in [0.15, 0.2) is 24.3 Å². The fraction of sp³-hybridized carbons (Fsp3) is 0.667. The smallest absolute Gasteiger partial charge is 0.305 e. The molecule has 0 amide bonds. The summed E-state index contributed by atoms with van der Waals surface area (Å²) in [5, 5.41) is 0. The first-order chi connectivity index (χ1) is 10.7. The second-order valence-corrected chi connectivity index (χ2v) is 4.98. The van der Waals surface area contributed by atoms with Crippen molar-refractivity contribution >= 4 is 11.9 Å². The second kappa shape index (κ2) is 15.8. The summed E-state index contributed by atoms with van der Waals surface area (Å²) in [7, 11) is 0. The largest absolute Gasteiger partial charge is 0.465 e. The molecule has 4 nitrogen and oxygen atoms in total. The van der Waals surface area contributed by atoms with Gasteiger partial charge < -0.3 is 9.47 Å². The van der Waals surface area contributed by atoms with E-state index < -0.39 is 0 Å². The van der Waals surface area contributed by atoms with Gasteiger partial charge in [0.25, 0.3) is 0 Å². The molecule has 0 radical (unpaired) electrons. The number of hydrogen-bond donors (Lipinski definition) is 0. The molecule has 0 saturated carbocycles. The molecule has 0 fully saturated rings. The molecule has 0 aromatic rings. The maximum Gasteiger partial charge on any atom is 0.305 e. The Morgan fingerprint density at radius 2 is 1.14 bits per heavy atom. The van der Waals surface area contributed by atoms with Crippen LogP contribution in [0.1, 0.15) is 65.2 Å². The van der Waals surface area contributed by atoms with Gasteiger partial charge in [-0.1, -0.05) is 38.2 Å². The molecule has 0 aliphatic heterocycles. The third-order valence-corrected chi connectivity index (χ3v) is 2.91. The van der Waals surface area contributed by atoms with Gasteiger partial charge in [0.2, 0.25) is 0 Å². The Balaban J connectivity index is 3.43. The molecule has 0 aliphatic carbocycles. The second-order valence-electron chi connectivity index (χ2n) is 4.98. The molecule has 0 atom stereocenters. The fourth-order valence-corrected chi connectivity index (χ4v) is 1.73. The Labute approximate surface area is 134 Å². The predicted molar refractivity (Wildman–Crippen MR) is 88.5 cm³/mol. The quantitative estimate of drug-likeness (QED) is 0.288. The molecule has 126 valence electrons. The molecule has 0 saturated heterocycles. The van der Waals surface area contributed by atoms with E-state index in [1.165, 1.54) is 0 Å². The average molecular weight is 310 g/mol. The maximum absolute atomic E-state index is 11.4. The van der Waals surface area contributed by atoms with Crippen LogP contribution >= 0.6 is 0 Å². The van der Waals surface area contributed by atoms with Crippen molar-refractivity contribution in [1.29, 1.82) is 0 Å². The molecule has 0 aromatic carbocycles. The first-order valence-corrected chi connectivity index (χ1v) is 8.31. The summed E-state index contributed by atoms with van der Waals surface area (Å²) in [6.07, 6.45) is 13.7. The normalized spacial score (nSPS) is 11.2. The van der Waals surface area contributed by atoms with E-state index in [-0.39, 0.29) is 11.9 Å². The highest BCUT2D eigenvalue weighted by molar-refractivity contribution is 5.70. The lowest BCUT2D eigenvalue weighted by Gasteiger charge is -2.04. The van der Waals surface area contributed by atoms with Crippen LogP contribution in [0, 0.1) is 0 Å². The highest BCUT2D eigenvalue weighted by Gasteiger charge is 2.05. The highest BCUT2D eigenvalue weighted by Crippen LogP contribution is 2.04. The zero-order chi connectivity index (χ0) is 16.5. The monoisotopic (exact) mass is 310 g/mol. The summed E-state index contributed by atoms with van der Waals surface area (Å²) >= 11 is 0. The van der Waals surface area contributed by atoms with Gasteiger partial charge in [-0.25, -0.2) is 0 Å². The van der Waals surface area contributed by atoms with Gasteiger partial charge in [0.1, 0.15) is 0 Å². The molecule has 22 heavy (non-hydrogen) atoms. The fourth-order valence-electron chi connectivity index (χ4n) is 1.73. The van der Waals surface area contributed by atoms with E-state index in [4.69, 9.17) is 9.47 Å². The number of unbranched alkanes of at least 4 members (excludes halogenated alkanes) is 1. The van der Waals surface area contributed by atoms with Gasteiger partial charge in [0.05, 0.1) is 13.2 Å². The Kier molecular flexibility index (Phi) is 14.7. The lowest BCUT2D eigenvalue weighted by Crippen LogP contribution is -2.07. The number of esters is 2. The summed E-state index contributed by atoms with van der Waals surface area (Å²) in [4.78, 5) is 22.8. The van der Waals surface area contributed by atoms with Crippen molar-refractivity contribution in [1.82, 2.24) is 0 Å². The van der Waals surface area contributed by atoms with Crippen LogP contribution in [0.5, 0.6) is 0 Å². The van der Waals surface area contributed by atoms with Gasteiger partial charge in [0, 0.05) is 12.8 Å². The summed E-state index contributed by atoms with van der Waals surface area (Å²) < 4.78 is 10.2. The maximum atomic E-state index is 11.4. The van der Waals surface area contributed by atoms with E-state index in [1.807, 2.05) is 12.2 Å². The van der Waals surface area contributed by atoms with E-state index in [9.17, 15) is 9.59 Å². The number of carbonyl (C=O) groups excluding carboxylic acids is 2. The SMILES string of the molecule is CC/C=C\CCOC(=O)CCCCC(=O)OCC/C=C\CC. The van der Waals surface area contributed by atoms with Gasteiger partial charge in [-0.05, 0) is 38.5 Å². The molecule has 0 unspecified atom stereocenters. The van der Waals surface area contributed by atoms with Crippen molar-refractivity contribution in [2.45, 2.75) is 65.2 Å². The molecular formula is C18H30O4. The first kappa shape index (κ1) is 20.4. The molecule has 0 N–H and O–H groups in total. The molecule has 0 heterocycles. The number of carbonyl (C=O) groups is 2. The van der Waals surface area contributed by atoms with Gasteiger partial charge in [0.15, 0.2) is 0 Å². The van der Waals surface area contributed by atoms with Gasteiger partial charge in [-0.15, -0.1) is 0 Å². The molecule has 0 rings (SSSR count).